The van der Waals surface area contributed by atoms with Crippen LogP contribution >= 0.6 is 0 Å². The standard InChI is InChI=1S/C43H35N5O/c1-43(2,3)31-21-23-44-41(25-31)48-38-15-7-6-14-36(38)37-20-19-35(27-40(37)48)49-34-13-8-12-32(26-34)46-28-47(42-39(46)16-9-22-45-42)33-18-17-29-10-4-5-11-30(29)24-33/h4-27H,28H2,1-3H3. The summed E-state index contributed by atoms with van der Waals surface area (Å²) in [6.45, 7) is 7.34. The highest BCUT2D eigenvalue weighted by molar-refractivity contribution is 6.09. The largest absolute Gasteiger partial charge is 0.457 e. The van der Waals surface area contributed by atoms with Crippen LogP contribution in [-0.4, -0.2) is 21.2 Å². The first-order valence-electron chi connectivity index (χ1n) is 16.7. The summed E-state index contributed by atoms with van der Waals surface area (Å²) in [4.78, 5) is 14.2. The molecule has 0 unspecified atom stereocenters. The van der Waals surface area contributed by atoms with E-state index < -0.39 is 0 Å². The molecule has 6 heteroatoms. The number of ether oxygens (including phenoxy) is 1. The van der Waals surface area contributed by atoms with E-state index in [2.05, 4.69) is 156 Å². The number of hydrogen-bond acceptors (Lipinski definition) is 5. The van der Waals surface area contributed by atoms with Crippen LogP contribution < -0.4 is 14.5 Å². The zero-order valence-corrected chi connectivity index (χ0v) is 27.7. The third-order valence-corrected chi connectivity index (χ3v) is 9.49. The second-order valence-electron chi connectivity index (χ2n) is 13.7. The van der Waals surface area contributed by atoms with Crippen LogP contribution in [0.2, 0.25) is 0 Å². The van der Waals surface area contributed by atoms with E-state index in [1.807, 2.05) is 24.5 Å². The minimum absolute atomic E-state index is 0.00810. The van der Waals surface area contributed by atoms with E-state index in [0.29, 0.717) is 6.67 Å². The number of rotatable bonds is 5. The maximum absolute atomic E-state index is 6.61. The van der Waals surface area contributed by atoms with Crippen LogP contribution in [0.3, 0.4) is 0 Å². The summed E-state index contributed by atoms with van der Waals surface area (Å²) >= 11 is 0. The van der Waals surface area contributed by atoms with Gasteiger partial charge in [-0.3, -0.25) is 4.57 Å². The van der Waals surface area contributed by atoms with E-state index in [0.717, 1.165) is 56.6 Å². The zero-order chi connectivity index (χ0) is 33.1. The first-order valence-corrected chi connectivity index (χ1v) is 16.7. The molecule has 0 spiro atoms. The van der Waals surface area contributed by atoms with Crippen LogP contribution in [-0.2, 0) is 5.41 Å². The molecule has 1 aliphatic rings. The summed E-state index contributed by atoms with van der Waals surface area (Å²) in [5.41, 5.74) is 6.63. The van der Waals surface area contributed by atoms with E-state index >= 15 is 0 Å². The summed E-state index contributed by atoms with van der Waals surface area (Å²) in [6.07, 6.45) is 3.77. The fourth-order valence-electron chi connectivity index (χ4n) is 6.98. The average Bonchev–Trinajstić information content (AvgIpc) is 3.67. The lowest BCUT2D eigenvalue weighted by Gasteiger charge is -2.22. The number of hydrogen-bond donors (Lipinski definition) is 0. The molecule has 9 rings (SSSR count). The number of fused-ring (bicyclic) bond motifs is 5. The van der Waals surface area contributed by atoms with E-state index in [9.17, 15) is 0 Å². The summed E-state index contributed by atoms with van der Waals surface area (Å²) in [6, 6.07) is 46.6. The Bertz CT molecular complexity index is 2530. The third kappa shape index (κ3) is 5.04. The number of anilines is 4. The quantitative estimate of drug-likeness (QED) is 0.188. The maximum atomic E-state index is 6.61. The molecule has 0 bridgehead atoms. The topological polar surface area (TPSA) is 46.4 Å². The molecule has 1 aliphatic heterocycles. The molecule has 49 heavy (non-hydrogen) atoms. The van der Waals surface area contributed by atoms with Gasteiger partial charge in [0.1, 0.15) is 24.0 Å². The van der Waals surface area contributed by atoms with E-state index in [4.69, 9.17) is 14.7 Å². The van der Waals surface area contributed by atoms with Crippen molar-refractivity contribution in [2.45, 2.75) is 26.2 Å². The molecule has 0 N–H and O–H groups in total. The van der Waals surface area contributed by atoms with Crippen molar-refractivity contribution in [3.63, 3.8) is 0 Å². The Morgan fingerprint density at radius 1 is 0.571 bits per heavy atom. The van der Waals surface area contributed by atoms with Crippen LogP contribution in [0.5, 0.6) is 11.5 Å². The Balaban J connectivity index is 1.07. The highest BCUT2D eigenvalue weighted by Crippen LogP contribution is 2.44. The first-order chi connectivity index (χ1) is 23.9. The smallest absolute Gasteiger partial charge is 0.158 e. The Kier molecular flexibility index (Phi) is 6.66. The SMILES string of the molecule is CC(C)(C)c1ccnc(-n2c3ccccc3c3ccc(Oc4cccc(N5CN(c6ccc7ccccc7c6)c6ncccc65)c4)cc32)c1. The Labute approximate surface area is 285 Å². The zero-order valence-electron chi connectivity index (χ0n) is 27.7. The molecule has 4 heterocycles. The van der Waals surface area contributed by atoms with Crippen LogP contribution in [0.1, 0.15) is 26.3 Å². The minimum atomic E-state index is 0.00810. The Hall–Kier alpha value is -6.14. The third-order valence-electron chi connectivity index (χ3n) is 9.49. The van der Waals surface area contributed by atoms with Crippen molar-refractivity contribution in [3.8, 4) is 17.3 Å². The highest BCUT2D eigenvalue weighted by Gasteiger charge is 2.29. The molecule has 3 aromatic heterocycles. The molecule has 0 saturated heterocycles. The average molecular weight is 638 g/mol. The van der Waals surface area contributed by atoms with Gasteiger partial charge in [0.2, 0.25) is 0 Å². The molecule has 5 aromatic carbocycles. The van der Waals surface area contributed by atoms with Gasteiger partial charge in [-0.2, -0.15) is 0 Å². The fraction of sp³-hybridized carbons (Fsp3) is 0.116. The molecule has 6 nitrogen and oxygen atoms in total. The molecule has 0 aliphatic carbocycles. The fourth-order valence-corrected chi connectivity index (χ4v) is 6.98. The lowest BCUT2D eigenvalue weighted by atomic mass is 9.88. The van der Waals surface area contributed by atoms with E-state index in [1.54, 1.807) is 0 Å². The van der Waals surface area contributed by atoms with Crippen molar-refractivity contribution in [2.75, 3.05) is 16.5 Å². The molecular weight excluding hydrogens is 603 g/mol. The monoisotopic (exact) mass is 637 g/mol. The van der Waals surface area contributed by atoms with Gasteiger partial charge in [0.15, 0.2) is 5.82 Å². The van der Waals surface area contributed by atoms with Gasteiger partial charge in [0, 0.05) is 46.7 Å². The maximum Gasteiger partial charge on any atom is 0.158 e. The molecule has 0 radical (unpaired) electrons. The molecule has 0 fully saturated rings. The van der Waals surface area contributed by atoms with Crippen molar-refractivity contribution >= 4 is 55.5 Å². The van der Waals surface area contributed by atoms with Gasteiger partial charge >= 0.3 is 0 Å². The second kappa shape index (κ2) is 11.2. The molecule has 238 valence electrons. The normalized spacial score (nSPS) is 13.0. The minimum Gasteiger partial charge on any atom is -0.457 e. The molecule has 0 saturated carbocycles. The van der Waals surface area contributed by atoms with Gasteiger partial charge in [0.25, 0.3) is 0 Å². The predicted molar refractivity (Wildman–Crippen MR) is 201 cm³/mol. The number of para-hydroxylation sites is 1. The summed E-state index contributed by atoms with van der Waals surface area (Å²) in [5, 5.41) is 4.78. The van der Waals surface area contributed by atoms with Gasteiger partial charge in [-0.25, -0.2) is 9.97 Å². The van der Waals surface area contributed by atoms with Crippen LogP contribution in [0, 0.1) is 0 Å². The van der Waals surface area contributed by atoms with Crippen molar-refractivity contribution in [1.29, 1.82) is 0 Å². The number of pyridine rings is 2. The summed E-state index contributed by atoms with van der Waals surface area (Å²) in [5.74, 6) is 3.37. The summed E-state index contributed by atoms with van der Waals surface area (Å²) < 4.78 is 8.86. The lowest BCUT2D eigenvalue weighted by molar-refractivity contribution is 0.483. The van der Waals surface area contributed by atoms with Gasteiger partial charge < -0.3 is 14.5 Å². The van der Waals surface area contributed by atoms with Crippen LogP contribution in [0.15, 0.2) is 146 Å². The van der Waals surface area contributed by atoms with Gasteiger partial charge in [-0.15, -0.1) is 0 Å². The van der Waals surface area contributed by atoms with Crippen molar-refractivity contribution < 1.29 is 4.74 Å². The van der Waals surface area contributed by atoms with Crippen LogP contribution in [0.4, 0.5) is 22.9 Å². The summed E-state index contributed by atoms with van der Waals surface area (Å²) in [7, 11) is 0. The molecule has 8 aromatic rings. The van der Waals surface area contributed by atoms with E-state index in [1.165, 1.54) is 21.7 Å². The van der Waals surface area contributed by atoms with Gasteiger partial charge in [-0.05, 0) is 88.5 Å². The molecular formula is C43H35N5O. The van der Waals surface area contributed by atoms with Gasteiger partial charge in [-0.1, -0.05) is 75.4 Å². The van der Waals surface area contributed by atoms with Crippen molar-refractivity contribution in [3.05, 3.63) is 151 Å². The molecule has 0 amide bonds. The lowest BCUT2D eigenvalue weighted by Crippen LogP contribution is -2.24. The number of nitrogens with zero attached hydrogens (tertiary/aromatic N) is 5. The first kappa shape index (κ1) is 29.0. The van der Waals surface area contributed by atoms with Crippen molar-refractivity contribution in [2.24, 2.45) is 0 Å². The Morgan fingerprint density at radius 2 is 1.37 bits per heavy atom. The highest BCUT2D eigenvalue weighted by atomic mass is 16.5. The predicted octanol–water partition coefficient (Wildman–Crippen LogP) is 11.1. The molecule has 0 atom stereocenters. The second-order valence-corrected chi connectivity index (χ2v) is 13.7. The van der Waals surface area contributed by atoms with Crippen LogP contribution in [0.25, 0.3) is 38.4 Å². The van der Waals surface area contributed by atoms with Gasteiger partial charge in [0.05, 0.1) is 16.7 Å². The number of aromatic nitrogens is 3. The van der Waals surface area contributed by atoms with E-state index in [-0.39, 0.29) is 5.41 Å². The number of benzene rings is 5. The Morgan fingerprint density at radius 3 is 2.27 bits per heavy atom. The van der Waals surface area contributed by atoms with Crippen molar-refractivity contribution in [1.82, 2.24) is 14.5 Å².